The molecule has 1 aromatic heterocycles. The van der Waals surface area contributed by atoms with E-state index >= 15 is 0 Å². The number of para-hydroxylation sites is 1. The molecule has 1 fully saturated rings. The fourth-order valence-electron chi connectivity index (χ4n) is 2.49. The van der Waals surface area contributed by atoms with Gasteiger partial charge in [-0.05, 0) is 12.1 Å². The standard InChI is InChI=1S/C14H17ClN2OS2/c1-18-12-4-2-3-11-14(12)16-13(7-15)17(11)8-10-9-19-5-6-20-10/h2-4,10H,5-9H2,1H3. The minimum absolute atomic E-state index is 0.433. The van der Waals surface area contributed by atoms with Gasteiger partial charge < -0.3 is 9.30 Å². The topological polar surface area (TPSA) is 27.1 Å². The van der Waals surface area contributed by atoms with Gasteiger partial charge in [0.05, 0.1) is 18.5 Å². The van der Waals surface area contributed by atoms with E-state index in [1.54, 1.807) is 7.11 Å². The Kier molecular flexibility index (Phi) is 4.68. The summed E-state index contributed by atoms with van der Waals surface area (Å²) >= 11 is 10.2. The highest BCUT2D eigenvalue weighted by Crippen LogP contribution is 2.30. The quantitative estimate of drug-likeness (QED) is 0.801. The first-order valence-corrected chi connectivity index (χ1v) is 9.34. The second-order valence-corrected chi connectivity index (χ2v) is 7.49. The lowest BCUT2D eigenvalue weighted by Crippen LogP contribution is -2.21. The van der Waals surface area contributed by atoms with E-state index in [1.807, 2.05) is 23.9 Å². The van der Waals surface area contributed by atoms with Gasteiger partial charge in [0, 0.05) is 29.1 Å². The number of methoxy groups -OCH3 is 1. The zero-order valence-corrected chi connectivity index (χ0v) is 13.7. The summed E-state index contributed by atoms with van der Waals surface area (Å²) in [6, 6.07) is 6.06. The van der Waals surface area contributed by atoms with E-state index < -0.39 is 0 Å². The Hall–Kier alpha value is -0.520. The van der Waals surface area contributed by atoms with Crippen LogP contribution in [0, 0.1) is 0 Å². The molecule has 20 heavy (non-hydrogen) atoms. The third kappa shape index (κ3) is 2.76. The summed E-state index contributed by atoms with van der Waals surface area (Å²) < 4.78 is 7.66. The molecule has 0 bridgehead atoms. The Morgan fingerprint density at radius 2 is 2.35 bits per heavy atom. The number of halogens is 1. The third-order valence-electron chi connectivity index (χ3n) is 3.43. The van der Waals surface area contributed by atoms with Crippen LogP contribution in [0.2, 0.25) is 0 Å². The second kappa shape index (κ2) is 6.50. The summed E-state index contributed by atoms with van der Waals surface area (Å²) in [5.41, 5.74) is 2.04. The minimum Gasteiger partial charge on any atom is -0.494 e. The molecule has 108 valence electrons. The largest absolute Gasteiger partial charge is 0.494 e. The summed E-state index contributed by atoms with van der Waals surface area (Å²) in [5.74, 6) is 5.89. The van der Waals surface area contributed by atoms with Crippen LogP contribution >= 0.6 is 35.1 Å². The zero-order chi connectivity index (χ0) is 13.9. The lowest BCUT2D eigenvalue weighted by molar-refractivity contribution is 0.419. The molecule has 2 aromatic rings. The predicted octanol–water partition coefficient (Wildman–Crippen LogP) is 3.63. The van der Waals surface area contributed by atoms with E-state index in [2.05, 4.69) is 27.4 Å². The third-order valence-corrected chi connectivity index (χ3v) is 6.50. The monoisotopic (exact) mass is 328 g/mol. The van der Waals surface area contributed by atoms with Crippen molar-refractivity contribution >= 4 is 46.2 Å². The maximum atomic E-state index is 6.08. The fourth-order valence-corrected chi connectivity index (χ4v) is 5.34. The number of alkyl halides is 1. The van der Waals surface area contributed by atoms with Gasteiger partial charge in [0.1, 0.15) is 17.1 Å². The molecule has 0 spiro atoms. The van der Waals surface area contributed by atoms with Gasteiger partial charge in [-0.2, -0.15) is 23.5 Å². The Morgan fingerprint density at radius 3 is 3.05 bits per heavy atom. The predicted molar refractivity (Wildman–Crippen MR) is 89.4 cm³/mol. The molecule has 0 radical (unpaired) electrons. The van der Waals surface area contributed by atoms with Gasteiger partial charge in [0.15, 0.2) is 0 Å². The van der Waals surface area contributed by atoms with Crippen molar-refractivity contribution in [2.45, 2.75) is 17.7 Å². The van der Waals surface area contributed by atoms with E-state index in [1.165, 1.54) is 17.3 Å². The first-order chi connectivity index (χ1) is 9.83. The summed E-state index contributed by atoms with van der Waals surface area (Å²) in [7, 11) is 1.68. The van der Waals surface area contributed by atoms with Crippen LogP contribution in [0.25, 0.3) is 11.0 Å². The number of aromatic nitrogens is 2. The molecule has 1 saturated heterocycles. The summed E-state index contributed by atoms with van der Waals surface area (Å²) in [4.78, 5) is 4.66. The van der Waals surface area contributed by atoms with Crippen LogP contribution in [0.5, 0.6) is 5.75 Å². The average Bonchev–Trinajstić information content (AvgIpc) is 2.86. The molecule has 1 unspecified atom stereocenters. The number of imidazole rings is 1. The van der Waals surface area contributed by atoms with Crippen molar-refractivity contribution in [2.75, 3.05) is 24.4 Å². The van der Waals surface area contributed by atoms with E-state index in [0.717, 1.165) is 29.2 Å². The second-order valence-electron chi connectivity index (χ2n) is 4.67. The first kappa shape index (κ1) is 14.4. The molecule has 0 N–H and O–H groups in total. The summed E-state index contributed by atoms with van der Waals surface area (Å²) in [5, 5.41) is 0.638. The highest BCUT2D eigenvalue weighted by atomic mass is 35.5. The normalized spacial score (nSPS) is 19.4. The van der Waals surface area contributed by atoms with Crippen molar-refractivity contribution in [3.63, 3.8) is 0 Å². The van der Waals surface area contributed by atoms with E-state index in [-0.39, 0.29) is 0 Å². The molecule has 1 aliphatic heterocycles. The number of hydrogen-bond acceptors (Lipinski definition) is 4. The van der Waals surface area contributed by atoms with Gasteiger partial charge in [-0.1, -0.05) is 6.07 Å². The van der Waals surface area contributed by atoms with Crippen molar-refractivity contribution in [2.24, 2.45) is 0 Å². The molecular formula is C14H17ClN2OS2. The van der Waals surface area contributed by atoms with Crippen LogP contribution in [0.3, 0.4) is 0 Å². The molecule has 6 heteroatoms. The van der Waals surface area contributed by atoms with Crippen molar-refractivity contribution < 1.29 is 4.74 Å². The molecule has 0 amide bonds. The zero-order valence-electron chi connectivity index (χ0n) is 11.3. The van der Waals surface area contributed by atoms with Crippen molar-refractivity contribution in [1.82, 2.24) is 9.55 Å². The van der Waals surface area contributed by atoms with Crippen LogP contribution in [-0.2, 0) is 12.4 Å². The van der Waals surface area contributed by atoms with E-state index in [9.17, 15) is 0 Å². The van der Waals surface area contributed by atoms with Gasteiger partial charge in [0.2, 0.25) is 0 Å². The molecule has 3 rings (SSSR count). The number of benzene rings is 1. The summed E-state index contributed by atoms with van der Waals surface area (Å²) in [6.45, 7) is 0.976. The Bertz CT molecular complexity index is 596. The average molecular weight is 329 g/mol. The first-order valence-electron chi connectivity index (χ1n) is 6.61. The SMILES string of the molecule is COc1cccc2c1nc(CCl)n2CC1CSCCS1. The Morgan fingerprint density at radius 1 is 1.45 bits per heavy atom. The van der Waals surface area contributed by atoms with Crippen molar-refractivity contribution in [3.05, 3.63) is 24.0 Å². The van der Waals surface area contributed by atoms with Gasteiger partial charge in [-0.25, -0.2) is 4.98 Å². The number of thioether (sulfide) groups is 2. The number of rotatable bonds is 4. The highest BCUT2D eigenvalue weighted by Gasteiger charge is 2.19. The molecule has 3 nitrogen and oxygen atoms in total. The van der Waals surface area contributed by atoms with Crippen LogP contribution in [0.4, 0.5) is 0 Å². The molecule has 1 atom stereocenters. The molecule has 0 saturated carbocycles. The Labute approximate surface area is 132 Å². The molecule has 0 aliphatic carbocycles. The lowest BCUT2D eigenvalue weighted by Gasteiger charge is -2.22. The molecule has 2 heterocycles. The maximum Gasteiger partial charge on any atom is 0.146 e. The lowest BCUT2D eigenvalue weighted by atomic mass is 10.3. The van der Waals surface area contributed by atoms with Crippen LogP contribution in [0.15, 0.2) is 18.2 Å². The number of hydrogen-bond donors (Lipinski definition) is 0. The van der Waals surface area contributed by atoms with Gasteiger partial charge >= 0.3 is 0 Å². The number of fused-ring (bicyclic) bond motifs is 1. The Balaban J connectivity index is 1.99. The summed E-state index contributed by atoms with van der Waals surface area (Å²) in [6.07, 6.45) is 0. The number of nitrogens with zero attached hydrogens (tertiary/aromatic N) is 2. The van der Waals surface area contributed by atoms with Crippen LogP contribution in [-0.4, -0.2) is 39.2 Å². The fraction of sp³-hybridized carbons (Fsp3) is 0.500. The highest BCUT2D eigenvalue weighted by molar-refractivity contribution is 8.06. The van der Waals surface area contributed by atoms with Gasteiger partial charge in [-0.15, -0.1) is 11.6 Å². The maximum absolute atomic E-state index is 6.08. The minimum atomic E-state index is 0.433. The van der Waals surface area contributed by atoms with Crippen molar-refractivity contribution in [3.8, 4) is 5.75 Å². The van der Waals surface area contributed by atoms with Crippen LogP contribution in [0.1, 0.15) is 5.82 Å². The van der Waals surface area contributed by atoms with Gasteiger partial charge in [0.25, 0.3) is 0 Å². The molecule has 1 aromatic carbocycles. The van der Waals surface area contributed by atoms with Gasteiger partial charge in [-0.3, -0.25) is 0 Å². The van der Waals surface area contributed by atoms with E-state index in [0.29, 0.717) is 11.1 Å². The van der Waals surface area contributed by atoms with Crippen LogP contribution < -0.4 is 4.74 Å². The van der Waals surface area contributed by atoms with Crippen molar-refractivity contribution in [1.29, 1.82) is 0 Å². The smallest absolute Gasteiger partial charge is 0.146 e. The molecule has 1 aliphatic rings. The molecular weight excluding hydrogens is 312 g/mol. The number of ether oxygens (including phenoxy) is 1. The van der Waals surface area contributed by atoms with E-state index in [4.69, 9.17) is 16.3 Å².